The standard InChI is InChI=1S/C22H20.C13H11N.C3H8.2C2H6/c1-15-10-16(2)12-17(11-15)13-19-7-5-8-20-14-18-6-3-4-9-21(18)22(19)20;1-14-12-8-4-2-6-10(12)11-7-3-5-9-13(11)14;1-3-2;2*1-2/h3-12H,13-14H2,1-2H3;2-9H,1H3;3H2,1-2H3;2*1-2H3. The molecule has 0 aliphatic heterocycles. The van der Waals surface area contributed by atoms with Crippen LogP contribution in [0, 0.1) is 13.8 Å². The van der Waals surface area contributed by atoms with E-state index in [0.29, 0.717) is 0 Å². The van der Waals surface area contributed by atoms with Crippen molar-refractivity contribution in [2.45, 2.75) is 74.7 Å². The first kappa shape index (κ1) is 33.4. The van der Waals surface area contributed by atoms with Crippen LogP contribution >= 0.6 is 0 Å². The van der Waals surface area contributed by atoms with Crippen LogP contribution in [0.25, 0.3) is 32.9 Å². The average Bonchev–Trinajstić information content (AvgIpc) is 3.56. The van der Waals surface area contributed by atoms with Crippen molar-refractivity contribution in [2.24, 2.45) is 7.05 Å². The third-order valence-electron chi connectivity index (χ3n) is 7.40. The molecule has 0 radical (unpaired) electrons. The van der Waals surface area contributed by atoms with Crippen LogP contribution in [0.1, 0.15) is 81.3 Å². The van der Waals surface area contributed by atoms with Crippen LogP contribution in [0.15, 0.2) is 109 Å². The number of benzene rings is 5. The lowest BCUT2D eigenvalue weighted by molar-refractivity contribution is 1.01. The zero-order valence-electron chi connectivity index (χ0n) is 28.0. The largest absolute Gasteiger partial charge is 0.344 e. The molecule has 1 nitrogen and oxygen atoms in total. The van der Waals surface area contributed by atoms with Crippen molar-refractivity contribution in [1.82, 2.24) is 4.57 Å². The highest BCUT2D eigenvalue weighted by atomic mass is 14.9. The molecule has 0 fully saturated rings. The first-order chi connectivity index (χ1) is 21.0. The van der Waals surface area contributed by atoms with E-state index in [-0.39, 0.29) is 0 Å². The van der Waals surface area contributed by atoms with E-state index >= 15 is 0 Å². The molecule has 0 amide bonds. The molecule has 0 saturated carbocycles. The normalized spacial score (nSPS) is 10.5. The van der Waals surface area contributed by atoms with E-state index in [1.165, 1.54) is 72.7 Å². The van der Waals surface area contributed by atoms with Crippen molar-refractivity contribution >= 4 is 21.8 Å². The summed E-state index contributed by atoms with van der Waals surface area (Å²) in [7, 11) is 2.12. The maximum atomic E-state index is 2.31. The van der Waals surface area contributed by atoms with Crippen molar-refractivity contribution in [3.8, 4) is 11.1 Å². The second-order valence-corrected chi connectivity index (χ2v) is 10.8. The molecule has 0 bridgehead atoms. The van der Waals surface area contributed by atoms with Gasteiger partial charge in [-0.1, -0.05) is 156 Å². The number of para-hydroxylation sites is 2. The number of hydrogen-bond donors (Lipinski definition) is 0. The molecule has 0 saturated heterocycles. The lowest BCUT2D eigenvalue weighted by atomic mass is 9.93. The summed E-state index contributed by atoms with van der Waals surface area (Å²) in [6.07, 6.45) is 3.34. The van der Waals surface area contributed by atoms with Gasteiger partial charge in [-0.15, -0.1) is 0 Å². The van der Waals surface area contributed by atoms with E-state index in [2.05, 4.69) is 149 Å². The molecule has 7 rings (SSSR count). The molecule has 0 spiro atoms. The van der Waals surface area contributed by atoms with E-state index in [4.69, 9.17) is 0 Å². The molecule has 1 aliphatic carbocycles. The second-order valence-electron chi connectivity index (χ2n) is 10.8. The Labute approximate surface area is 261 Å². The number of aromatic nitrogens is 1. The van der Waals surface area contributed by atoms with Gasteiger partial charge in [-0.25, -0.2) is 0 Å². The van der Waals surface area contributed by atoms with Crippen molar-refractivity contribution in [3.63, 3.8) is 0 Å². The van der Waals surface area contributed by atoms with Gasteiger partial charge in [-0.3, -0.25) is 0 Å². The summed E-state index contributed by atoms with van der Waals surface area (Å²) in [6.45, 7) is 16.6. The number of hydrogen-bond acceptors (Lipinski definition) is 0. The molecule has 1 aliphatic rings. The van der Waals surface area contributed by atoms with Crippen molar-refractivity contribution in [1.29, 1.82) is 0 Å². The van der Waals surface area contributed by atoms with Gasteiger partial charge in [-0.05, 0) is 72.2 Å². The van der Waals surface area contributed by atoms with Gasteiger partial charge in [0.2, 0.25) is 0 Å². The summed E-state index contributed by atoms with van der Waals surface area (Å²) >= 11 is 0. The molecule has 6 aromatic rings. The maximum Gasteiger partial charge on any atom is 0.0488 e. The predicted molar refractivity (Wildman–Crippen MR) is 192 cm³/mol. The van der Waals surface area contributed by atoms with Gasteiger partial charge in [0.1, 0.15) is 0 Å². The molecule has 0 unspecified atom stereocenters. The van der Waals surface area contributed by atoms with E-state index in [1.54, 1.807) is 0 Å². The zero-order chi connectivity index (χ0) is 31.4. The first-order valence-electron chi connectivity index (χ1n) is 16.2. The lowest BCUT2D eigenvalue weighted by Crippen LogP contribution is -1.94. The van der Waals surface area contributed by atoms with Gasteiger partial charge in [0.15, 0.2) is 0 Å². The fourth-order valence-electron chi connectivity index (χ4n) is 5.93. The van der Waals surface area contributed by atoms with E-state index < -0.39 is 0 Å². The summed E-state index contributed by atoms with van der Waals surface area (Å²) in [5, 5.41) is 2.68. The van der Waals surface area contributed by atoms with Gasteiger partial charge < -0.3 is 4.57 Å². The van der Waals surface area contributed by atoms with Crippen LogP contribution in [0.5, 0.6) is 0 Å². The molecule has 1 heterocycles. The fourth-order valence-corrected chi connectivity index (χ4v) is 5.93. The van der Waals surface area contributed by atoms with Crippen LogP contribution in [0.4, 0.5) is 0 Å². The van der Waals surface area contributed by atoms with Gasteiger partial charge in [0, 0.05) is 28.9 Å². The molecule has 0 atom stereocenters. The van der Waals surface area contributed by atoms with E-state index in [0.717, 1.165) is 12.8 Å². The van der Waals surface area contributed by atoms with E-state index in [1.807, 2.05) is 27.7 Å². The fraction of sp³-hybridized carbons (Fsp3) is 0.286. The van der Waals surface area contributed by atoms with Crippen molar-refractivity contribution < 1.29 is 0 Å². The molecule has 43 heavy (non-hydrogen) atoms. The lowest BCUT2D eigenvalue weighted by Gasteiger charge is -2.11. The molecule has 0 N–H and O–H groups in total. The third-order valence-corrected chi connectivity index (χ3v) is 7.40. The highest BCUT2D eigenvalue weighted by molar-refractivity contribution is 6.07. The summed E-state index contributed by atoms with van der Waals surface area (Å²) < 4.78 is 2.24. The summed E-state index contributed by atoms with van der Waals surface area (Å²) in [5.74, 6) is 0. The summed E-state index contributed by atoms with van der Waals surface area (Å²) in [5.41, 5.74) is 14.0. The second kappa shape index (κ2) is 16.5. The molecule has 224 valence electrons. The maximum absolute atomic E-state index is 2.31. The molecular weight excluding hydrogens is 518 g/mol. The van der Waals surface area contributed by atoms with Crippen LogP contribution in [-0.2, 0) is 19.9 Å². The van der Waals surface area contributed by atoms with Crippen LogP contribution in [-0.4, -0.2) is 4.57 Å². The SMILES string of the molecule is CC.CC.CCC.Cc1cc(C)cc(Cc2cccc3c2-c2ccccc2C3)c1.Cn1c2ccccc2c2ccccc21. The smallest absolute Gasteiger partial charge is 0.0488 e. The monoisotopic (exact) mass is 569 g/mol. The Bertz CT molecular complexity index is 1660. The average molecular weight is 570 g/mol. The Morgan fingerprint density at radius 3 is 1.65 bits per heavy atom. The topological polar surface area (TPSA) is 4.93 Å². The zero-order valence-corrected chi connectivity index (χ0v) is 28.0. The summed E-state index contributed by atoms with van der Waals surface area (Å²) in [4.78, 5) is 0. The summed E-state index contributed by atoms with van der Waals surface area (Å²) in [6, 6.07) is 39.5. The van der Waals surface area contributed by atoms with Crippen molar-refractivity contribution in [2.75, 3.05) is 0 Å². The Balaban J connectivity index is 0.000000207. The highest BCUT2D eigenvalue weighted by Gasteiger charge is 2.20. The predicted octanol–water partition coefficient (Wildman–Crippen LogP) is 12.3. The Kier molecular flexibility index (Phi) is 12.8. The highest BCUT2D eigenvalue weighted by Crippen LogP contribution is 2.39. The Hall–Kier alpha value is -4.10. The molecule has 5 aromatic carbocycles. The molecular formula is C42H51N. The first-order valence-corrected chi connectivity index (χ1v) is 16.2. The molecule has 1 aromatic heterocycles. The third kappa shape index (κ3) is 7.85. The Morgan fingerprint density at radius 1 is 0.581 bits per heavy atom. The quantitative estimate of drug-likeness (QED) is 0.195. The minimum absolute atomic E-state index is 1.01. The van der Waals surface area contributed by atoms with Gasteiger partial charge in [0.05, 0.1) is 0 Å². The number of fused-ring (bicyclic) bond motifs is 6. The van der Waals surface area contributed by atoms with Gasteiger partial charge in [-0.2, -0.15) is 0 Å². The number of aryl methyl sites for hydroxylation is 3. The van der Waals surface area contributed by atoms with Crippen LogP contribution in [0.2, 0.25) is 0 Å². The van der Waals surface area contributed by atoms with Gasteiger partial charge >= 0.3 is 0 Å². The minimum atomic E-state index is 1.01. The van der Waals surface area contributed by atoms with Crippen LogP contribution in [0.3, 0.4) is 0 Å². The van der Waals surface area contributed by atoms with Gasteiger partial charge in [0.25, 0.3) is 0 Å². The molecule has 1 heteroatoms. The van der Waals surface area contributed by atoms with E-state index in [9.17, 15) is 0 Å². The number of nitrogens with zero attached hydrogens (tertiary/aromatic N) is 1. The number of rotatable bonds is 2. The van der Waals surface area contributed by atoms with Crippen molar-refractivity contribution in [3.05, 3.63) is 143 Å². The Morgan fingerprint density at radius 2 is 1.07 bits per heavy atom. The minimum Gasteiger partial charge on any atom is -0.344 e. The van der Waals surface area contributed by atoms with Crippen LogP contribution < -0.4 is 0 Å².